The van der Waals surface area contributed by atoms with Crippen molar-refractivity contribution in [3.8, 4) is 5.75 Å². The van der Waals surface area contributed by atoms with Gasteiger partial charge in [-0.05, 0) is 48.2 Å². The van der Waals surface area contributed by atoms with Crippen molar-refractivity contribution >= 4 is 35.5 Å². The van der Waals surface area contributed by atoms with Crippen molar-refractivity contribution in [2.45, 2.75) is 32.3 Å². The number of anilines is 1. The summed E-state index contributed by atoms with van der Waals surface area (Å²) in [5.41, 5.74) is 3.14. The van der Waals surface area contributed by atoms with Crippen LogP contribution in [-0.2, 0) is 11.2 Å². The molecule has 2 heterocycles. The molecule has 1 saturated heterocycles. The van der Waals surface area contributed by atoms with E-state index < -0.39 is 5.97 Å². The molecule has 2 aromatic rings. The Hall–Kier alpha value is -3.00. The molecule has 2 unspecified atom stereocenters. The standard InChI is InChI=1S/C25H29N3O4S/c1-2-22-20(15-24(29)30)13-18-5-6-19(14-23(18)32-22)25(31)27-21-7-3-17(4-8-21)16-26-28-9-11-33-12-10-28/h3-8,14,16,20,22H,2,9-13,15H2,1H3,(H,27,31)(H,29,30). The van der Waals surface area contributed by atoms with Crippen molar-refractivity contribution in [2.24, 2.45) is 11.0 Å². The number of nitrogens with one attached hydrogen (secondary N) is 1. The summed E-state index contributed by atoms with van der Waals surface area (Å²) >= 11 is 1.95. The van der Waals surface area contributed by atoms with E-state index in [2.05, 4.69) is 15.4 Å². The Bertz CT molecular complexity index is 1020. The predicted molar refractivity (Wildman–Crippen MR) is 131 cm³/mol. The van der Waals surface area contributed by atoms with Crippen molar-refractivity contribution in [3.05, 3.63) is 59.2 Å². The number of fused-ring (bicyclic) bond motifs is 1. The van der Waals surface area contributed by atoms with Gasteiger partial charge in [0.15, 0.2) is 0 Å². The maximum atomic E-state index is 12.8. The maximum absolute atomic E-state index is 12.8. The van der Waals surface area contributed by atoms with Crippen LogP contribution in [0.4, 0.5) is 5.69 Å². The summed E-state index contributed by atoms with van der Waals surface area (Å²) in [5.74, 6) is 1.80. The molecular formula is C25H29N3O4S. The van der Waals surface area contributed by atoms with Gasteiger partial charge in [-0.2, -0.15) is 16.9 Å². The molecule has 174 valence electrons. The quantitative estimate of drug-likeness (QED) is 0.595. The van der Waals surface area contributed by atoms with Crippen molar-refractivity contribution < 1.29 is 19.4 Å². The number of aliphatic carboxylic acids is 1. The summed E-state index contributed by atoms with van der Waals surface area (Å²) < 4.78 is 6.07. The molecular weight excluding hydrogens is 438 g/mol. The number of benzene rings is 2. The van der Waals surface area contributed by atoms with Crippen molar-refractivity contribution in [3.63, 3.8) is 0 Å². The fraction of sp³-hybridized carbons (Fsp3) is 0.400. The second-order valence-electron chi connectivity index (χ2n) is 8.34. The predicted octanol–water partition coefficient (Wildman–Crippen LogP) is 4.13. The molecule has 2 atom stereocenters. The average molecular weight is 468 g/mol. The first-order valence-corrected chi connectivity index (χ1v) is 12.5. The number of hydrazone groups is 1. The highest BCUT2D eigenvalue weighted by atomic mass is 32.2. The van der Waals surface area contributed by atoms with Crippen LogP contribution in [0.5, 0.6) is 5.75 Å². The van der Waals surface area contributed by atoms with Crippen LogP contribution >= 0.6 is 11.8 Å². The van der Waals surface area contributed by atoms with Gasteiger partial charge in [0.05, 0.1) is 12.6 Å². The van der Waals surface area contributed by atoms with Crippen LogP contribution in [0.15, 0.2) is 47.6 Å². The Labute approximate surface area is 198 Å². The van der Waals surface area contributed by atoms with Gasteiger partial charge >= 0.3 is 5.97 Å². The minimum atomic E-state index is -0.815. The number of thioether (sulfide) groups is 1. The van der Waals surface area contributed by atoms with Gasteiger partial charge in [0.2, 0.25) is 0 Å². The SMILES string of the molecule is CCC1Oc2cc(C(=O)Nc3ccc(C=NN4CCSCC4)cc3)ccc2CC1CC(=O)O. The lowest BCUT2D eigenvalue weighted by molar-refractivity contribution is -0.139. The molecule has 33 heavy (non-hydrogen) atoms. The molecule has 0 aromatic heterocycles. The second kappa shape index (κ2) is 10.7. The van der Waals surface area contributed by atoms with Crippen molar-refractivity contribution in [1.82, 2.24) is 5.01 Å². The molecule has 0 aliphatic carbocycles. The fourth-order valence-electron chi connectivity index (χ4n) is 4.17. The maximum Gasteiger partial charge on any atom is 0.303 e. The summed E-state index contributed by atoms with van der Waals surface area (Å²) in [6.45, 7) is 3.93. The summed E-state index contributed by atoms with van der Waals surface area (Å²) in [6.07, 6.45) is 3.13. The first-order valence-electron chi connectivity index (χ1n) is 11.3. The Kier molecular flexibility index (Phi) is 7.54. The number of carbonyl (C=O) groups excluding carboxylic acids is 1. The lowest BCUT2D eigenvalue weighted by Crippen LogP contribution is -2.34. The van der Waals surface area contributed by atoms with Gasteiger partial charge in [0, 0.05) is 41.8 Å². The molecule has 2 aliphatic heterocycles. The summed E-state index contributed by atoms with van der Waals surface area (Å²) in [4.78, 5) is 24.0. The topological polar surface area (TPSA) is 91.2 Å². The number of rotatable bonds is 7. The molecule has 1 fully saturated rings. The number of ether oxygens (including phenoxy) is 1. The first kappa shape index (κ1) is 23.2. The van der Waals surface area contributed by atoms with E-state index in [9.17, 15) is 14.7 Å². The number of carbonyl (C=O) groups is 2. The molecule has 4 rings (SSSR count). The molecule has 8 heteroatoms. The van der Waals surface area contributed by atoms with Crippen LogP contribution < -0.4 is 10.1 Å². The minimum absolute atomic E-state index is 0.0597. The van der Waals surface area contributed by atoms with Crippen LogP contribution in [0.1, 0.15) is 41.3 Å². The van der Waals surface area contributed by atoms with Crippen LogP contribution in [-0.4, -0.2) is 58.9 Å². The fourth-order valence-corrected chi connectivity index (χ4v) is 5.05. The van der Waals surface area contributed by atoms with Gasteiger partial charge in [-0.3, -0.25) is 14.6 Å². The summed E-state index contributed by atoms with van der Waals surface area (Å²) in [6, 6.07) is 13.0. The first-order chi connectivity index (χ1) is 16.0. The van der Waals surface area contributed by atoms with Gasteiger partial charge < -0.3 is 15.2 Å². The highest BCUT2D eigenvalue weighted by molar-refractivity contribution is 7.99. The lowest BCUT2D eigenvalue weighted by Gasteiger charge is -2.32. The molecule has 0 radical (unpaired) electrons. The number of nitrogens with zero attached hydrogens (tertiary/aromatic N) is 2. The van der Waals surface area contributed by atoms with E-state index in [1.54, 1.807) is 12.1 Å². The van der Waals surface area contributed by atoms with E-state index in [0.29, 0.717) is 23.4 Å². The Morgan fingerprint density at radius 1 is 1.21 bits per heavy atom. The van der Waals surface area contributed by atoms with Gasteiger partial charge in [0.1, 0.15) is 11.9 Å². The lowest BCUT2D eigenvalue weighted by atomic mass is 9.86. The number of amides is 1. The van der Waals surface area contributed by atoms with E-state index in [1.165, 1.54) is 0 Å². The van der Waals surface area contributed by atoms with E-state index in [-0.39, 0.29) is 24.3 Å². The second-order valence-corrected chi connectivity index (χ2v) is 9.56. The third kappa shape index (κ3) is 6.07. The molecule has 7 nitrogen and oxygen atoms in total. The summed E-state index contributed by atoms with van der Waals surface area (Å²) in [7, 11) is 0. The normalized spacial score (nSPS) is 20.2. The smallest absolute Gasteiger partial charge is 0.303 e. The van der Waals surface area contributed by atoms with E-state index in [4.69, 9.17) is 4.74 Å². The zero-order valence-electron chi connectivity index (χ0n) is 18.7. The third-order valence-corrected chi connectivity index (χ3v) is 6.92. The highest BCUT2D eigenvalue weighted by Gasteiger charge is 2.31. The van der Waals surface area contributed by atoms with Crippen LogP contribution in [0, 0.1) is 5.92 Å². The molecule has 0 bridgehead atoms. The van der Waals surface area contributed by atoms with Crippen molar-refractivity contribution in [1.29, 1.82) is 0 Å². The molecule has 2 aliphatic rings. The Balaban J connectivity index is 1.39. The van der Waals surface area contributed by atoms with E-state index in [1.807, 2.05) is 55.2 Å². The molecule has 0 spiro atoms. The van der Waals surface area contributed by atoms with Crippen molar-refractivity contribution in [2.75, 3.05) is 29.9 Å². The van der Waals surface area contributed by atoms with E-state index in [0.717, 1.165) is 42.1 Å². The molecule has 2 aromatic carbocycles. The minimum Gasteiger partial charge on any atom is -0.490 e. The summed E-state index contributed by atoms with van der Waals surface area (Å²) in [5, 5.41) is 18.7. The average Bonchev–Trinajstić information content (AvgIpc) is 2.83. The molecule has 2 N–H and O–H groups in total. The highest BCUT2D eigenvalue weighted by Crippen LogP contribution is 2.34. The van der Waals surface area contributed by atoms with Gasteiger partial charge in [-0.25, -0.2) is 0 Å². The Morgan fingerprint density at radius 3 is 2.67 bits per heavy atom. The van der Waals surface area contributed by atoms with Gasteiger partial charge in [0.25, 0.3) is 5.91 Å². The zero-order chi connectivity index (χ0) is 23.2. The number of carboxylic acid groups (broad SMARTS) is 1. The number of carboxylic acids is 1. The Morgan fingerprint density at radius 2 is 1.97 bits per heavy atom. The van der Waals surface area contributed by atoms with Gasteiger partial charge in [-0.15, -0.1) is 0 Å². The monoisotopic (exact) mass is 467 g/mol. The van der Waals surface area contributed by atoms with Crippen LogP contribution in [0.3, 0.4) is 0 Å². The third-order valence-electron chi connectivity index (χ3n) is 5.98. The molecule has 0 saturated carbocycles. The zero-order valence-corrected chi connectivity index (χ0v) is 19.5. The molecule has 1 amide bonds. The largest absolute Gasteiger partial charge is 0.490 e. The number of hydrogen-bond acceptors (Lipinski definition) is 6. The van der Waals surface area contributed by atoms with Gasteiger partial charge in [-0.1, -0.05) is 25.1 Å². The van der Waals surface area contributed by atoms with E-state index >= 15 is 0 Å². The van der Waals surface area contributed by atoms with Crippen LogP contribution in [0.25, 0.3) is 0 Å². The van der Waals surface area contributed by atoms with Crippen LogP contribution in [0.2, 0.25) is 0 Å². The number of hydrogen-bond donors (Lipinski definition) is 2.